The van der Waals surface area contributed by atoms with E-state index in [2.05, 4.69) is 21.2 Å². The van der Waals surface area contributed by atoms with Gasteiger partial charge < -0.3 is 5.32 Å². The van der Waals surface area contributed by atoms with Gasteiger partial charge in [-0.1, -0.05) is 40.2 Å². The van der Waals surface area contributed by atoms with Crippen LogP contribution >= 0.6 is 15.9 Å². The molecule has 1 aliphatic heterocycles. The van der Waals surface area contributed by atoms with Crippen LogP contribution in [-0.4, -0.2) is 29.2 Å². The van der Waals surface area contributed by atoms with Gasteiger partial charge in [-0.15, -0.1) is 0 Å². The number of urea groups is 1. The Morgan fingerprint density at radius 3 is 2.37 bits per heavy atom. The fraction of sp³-hybridized carbons (Fsp3) is 0.286. The van der Waals surface area contributed by atoms with Crippen LogP contribution in [0.1, 0.15) is 39.5 Å². The molecule has 1 N–H and O–H groups in total. The molecule has 5 nitrogen and oxygen atoms in total. The minimum atomic E-state index is -1.21. The number of carbonyl (C=O) groups is 3. The zero-order valence-corrected chi connectivity index (χ0v) is 17.3. The second-order valence-electron chi connectivity index (χ2n) is 7.10. The molecule has 0 aromatic heterocycles. The van der Waals surface area contributed by atoms with Crippen molar-refractivity contribution < 1.29 is 14.4 Å². The second-order valence-corrected chi connectivity index (χ2v) is 7.96. The van der Waals surface area contributed by atoms with Crippen molar-refractivity contribution in [3.63, 3.8) is 0 Å². The van der Waals surface area contributed by atoms with E-state index in [0.29, 0.717) is 11.1 Å². The van der Waals surface area contributed by atoms with Crippen molar-refractivity contribution in [3.8, 4) is 0 Å². The molecule has 2 aromatic rings. The highest BCUT2D eigenvalue weighted by Crippen LogP contribution is 2.33. The lowest BCUT2D eigenvalue weighted by atomic mass is 9.92. The van der Waals surface area contributed by atoms with Gasteiger partial charge in [0.2, 0.25) is 0 Å². The summed E-state index contributed by atoms with van der Waals surface area (Å²) >= 11 is 3.43. The molecule has 2 aromatic carbocycles. The number of nitrogens with one attached hydrogen (secondary N) is 1. The Labute approximate surface area is 166 Å². The highest BCUT2D eigenvalue weighted by atomic mass is 79.9. The zero-order chi connectivity index (χ0) is 19.9. The van der Waals surface area contributed by atoms with Gasteiger partial charge in [-0.05, 0) is 56.5 Å². The maximum atomic E-state index is 13.0. The maximum absolute atomic E-state index is 13.0. The van der Waals surface area contributed by atoms with Crippen LogP contribution in [0.2, 0.25) is 0 Å². The quantitative estimate of drug-likeness (QED) is 0.590. The summed E-state index contributed by atoms with van der Waals surface area (Å²) in [6, 6.07) is 10.4. The number of imide groups is 1. The molecule has 27 heavy (non-hydrogen) atoms. The minimum absolute atomic E-state index is 0.254. The summed E-state index contributed by atoms with van der Waals surface area (Å²) in [5.74, 6) is -0.690. The summed E-state index contributed by atoms with van der Waals surface area (Å²) < 4.78 is 0.722. The molecular weight excluding hydrogens is 408 g/mol. The Kier molecular flexibility index (Phi) is 4.95. The molecule has 0 aliphatic carbocycles. The molecular formula is C21H21BrN2O3. The molecule has 3 rings (SSSR count). The van der Waals surface area contributed by atoms with E-state index < -0.39 is 17.5 Å². The Bertz CT molecular complexity index is 970. The lowest BCUT2D eigenvalue weighted by molar-refractivity contribution is -0.130. The van der Waals surface area contributed by atoms with E-state index in [4.69, 9.17) is 0 Å². The molecule has 0 spiro atoms. The van der Waals surface area contributed by atoms with E-state index in [-0.39, 0.29) is 12.3 Å². The lowest BCUT2D eigenvalue weighted by Crippen LogP contribution is -2.41. The summed E-state index contributed by atoms with van der Waals surface area (Å²) in [7, 11) is 0. The Balaban J connectivity index is 1.90. The topological polar surface area (TPSA) is 66.5 Å². The van der Waals surface area contributed by atoms with Crippen molar-refractivity contribution in [3.05, 3.63) is 68.7 Å². The van der Waals surface area contributed by atoms with Crippen molar-refractivity contribution in [2.45, 2.75) is 33.2 Å². The molecule has 1 fully saturated rings. The SMILES string of the molecule is Cc1cc(C)c(C(=O)CN2C(=O)N[C@](C)(c3ccccc3Br)C2=O)cc1C. The van der Waals surface area contributed by atoms with Crippen LogP contribution in [0, 0.1) is 20.8 Å². The van der Waals surface area contributed by atoms with Gasteiger partial charge in [0.15, 0.2) is 5.78 Å². The van der Waals surface area contributed by atoms with E-state index in [1.165, 1.54) is 0 Å². The lowest BCUT2D eigenvalue weighted by Gasteiger charge is -2.23. The number of rotatable bonds is 4. The predicted molar refractivity (Wildman–Crippen MR) is 107 cm³/mol. The van der Waals surface area contributed by atoms with Gasteiger partial charge in [-0.25, -0.2) is 4.79 Å². The average molecular weight is 429 g/mol. The predicted octanol–water partition coefficient (Wildman–Crippen LogP) is 4.02. The maximum Gasteiger partial charge on any atom is 0.325 e. The molecule has 1 heterocycles. The van der Waals surface area contributed by atoms with Gasteiger partial charge in [0, 0.05) is 15.6 Å². The van der Waals surface area contributed by atoms with Gasteiger partial charge in [0.25, 0.3) is 5.91 Å². The van der Waals surface area contributed by atoms with Crippen LogP contribution in [0.4, 0.5) is 4.79 Å². The van der Waals surface area contributed by atoms with Crippen molar-refractivity contribution >= 4 is 33.7 Å². The molecule has 1 saturated heterocycles. The number of hydrogen-bond donors (Lipinski definition) is 1. The normalized spacial score (nSPS) is 19.4. The number of aryl methyl sites for hydroxylation is 3. The highest BCUT2D eigenvalue weighted by Gasteiger charge is 2.50. The van der Waals surface area contributed by atoms with Crippen molar-refractivity contribution in [1.29, 1.82) is 0 Å². The van der Waals surface area contributed by atoms with E-state index in [1.807, 2.05) is 45.0 Å². The number of ketones is 1. The van der Waals surface area contributed by atoms with E-state index in [9.17, 15) is 14.4 Å². The van der Waals surface area contributed by atoms with Gasteiger partial charge >= 0.3 is 6.03 Å². The summed E-state index contributed by atoms with van der Waals surface area (Å²) in [5.41, 5.74) is 2.91. The summed E-state index contributed by atoms with van der Waals surface area (Å²) in [5, 5.41) is 2.73. The highest BCUT2D eigenvalue weighted by molar-refractivity contribution is 9.10. The first-order valence-electron chi connectivity index (χ1n) is 8.65. The Hall–Kier alpha value is -2.47. The van der Waals surface area contributed by atoms with Crippen LogP contribution in [0.15, 0.2) is 40.9 Å². The molecule has 0 bridgehead atoms. The third-order valence-corrected chi connectivity index (χ3v) is 5.82. The third kappa shape index (κ3) is 3.30. The van der Waals surface area contributed by atoms with Crippen molar-refractivity contribution in [2.24, 2.45) is 0 Å². The van der Waals surface area contributed by atoms with E-state index >= 15 is 0 Å². The van der Waals surface area contributed by atoms with Crippen LogP contribution < -0.4 is 5.32 Å². The van der Waals surface area contributed by atoms with Crippen LogP contribution in [0.5, 0.6) is 0 Å². The van der Waals surface area contributed by atoms with E-state index in [0.717, 1.165) is 26.1 Å². The summed E-state index contributed by atoms with van der Waals surface area (Å²) in [6.45, 7) is 7.14. The van der Waals surface area contributed by atoms with Crippen LogP contribution in [-0.2, 0) is 10.3 Å². The number of hydrogen-bond acceptors (Lipinski definition) is 3. The van der Waals surface area contributed by atoms with Crippen molar-refractivity contribution in [2.75, 3.05) is 6.54 Å². The molecule has 1 atom stereocenters. The molecule has 0 radical (unpaired) electrons. The monoisotopic (exact) mass is 428 g/mol. The summed E-state index contributed by atoms with van der Waals surface area (Å²) in [6.07, 6.45) is 0. The largest absolute Gasteiger partial charge is 0.325 e. The average Bonchev–Trinajstić information content (AvgIpc) is 2.82. The Morgan fingerprint density at radius 2 is 1.70 bits per heavy atom. The molecule has 1 aliphatic rings. The zero-order valence-electron chi connectivity index (χ0n) is 15.7. The fourth-order valence-corrected chi connectivity index (χ4v) is 4.06. The molecule has 140 valence electrons. The number of amides is 3. The molecule has 3 amide bonds. The minimum Gasteiger partial charge on any atom is -0.319 e. The smallest absolute Gasteiger partial charge is 0.319 e. The van der Waals surface area contributed by atoms with E-state index in [1.54, 1.807) is 19.1 Å². The van der Waals surface area contributed by atoms with Gasteiger partial charge in [-0.2, -0.15) is 0 Å². The number of nitrogens with zero attached hydrogens (tertiary/aromatic N) is 1. The van der Waals surface area contributed by atoms with Crippen LogP contribution in [0.25, 0.3) is 0 Å². The van der Waals surface area contributed by atoms with Gasteiger partial charge in [0.05, 0.1) is 6.54 Å². The standard InChI is InChI=1S/C21H21BrN2O3/c1-12-9-14(3)15(10-13(12)2)18(25)11-24-19(26)21(4,23-20(24)27)16-7-5-6-8-17(16)22/h5-10H,11H2,1-4H3,(H,23,27)/t21-/m1/s1. The number of Topliss-reactive ketones (excluding diaryl/α,β-unsaturated/α-hetero) is 1. The van der Waals surface area contributed by atoms with Crippen molar-refractivity contribution in [1.82, 2.24) is 10.2 Å². The first kappa shape index (κ1) is 19.3. The number of benzene rings is 2. The first-order valence-corrected chi connectivity index (χ1v) is 9.44. The second kappa shape index (κ2) is 6.93. The molecule has 0 saturated carbocycles. The first-order chi connectivity index (χ1) is 12.6. The number of halogens is 1. The Morgan fingerprint density at radius 1 is 1.07 bits per heavy atom. The summed E-state index contributed by atoms with van der Waals surface area (Å²) in [4.78, 5) is 39.3. The fourth-order valence-electron chi connectivity index (χ4n) is 3.38. The van der Waals surface area contributed by atoms with Gasteiger partial charge in [0.1, 0.15) is 5.54 Å². The number of carbonyl (C=O) groups excluding carboxylic acids is 3. The molecule has 0 unspecified atom stereocenters. The molecule has 6 heteroatoms. The third-order valence-electron chi connectivity index (χ3n) is 5.13. The van der Waals surface area contributed by atoms with Gasteiger partial charge in [-0.3, -0.25) is 14.5 Å². The van der Waals surface area contributed by atoms with Crippen LogP contribution in [0.3, 0.4) is 0 Å².